The van der Waals surface area contributed by atoms with Gasteiger partial charge in [-0.1, -0.05) is 5.16 Å². The highest BCUT2D eigenvalue weighted by Crippen LogP contribution is 2.40. The Morgan fingerprint density at radius 1 is 1.35 bits per heavy atom. The van der Waals surface area contributed by atoms with Crippen molar-refractivity contribution in [1.82, 2.24) is 19.6 Å². The maximum absolute atomic E-state index is 13.2. The summed E-state index contributed by atoms with van der Waals surface area (Å²) in [6.07, 6.45) is 3.41. The lowest BCUT2D eigenvalue weighted by molar-refractivity contribution is -0.694. The van der Waals surface area contributed by atoms with E-state index in [2.05, 4.69) is 15.5 Å². The number of rotatable bonds is 9. The minimum atomic E-state index is -1.24. The molecule has 5 rings (SSSR count). The van der Waals surface area contributed by atoms with Crippen molar-refractivity contribution in [2.45, 2.75) is 31.8 Å². The molecule has 0 unspecified atom stereocenters. The monoisotopic (exact) mass is 585 g/mol. The molecule has 0 saturated carbocycles. The van der Waals surface area contributed by atoms with E-state index in [1.165, 1.54) is 16.7 Å². The molecule has 3 aromatic heterocycles. The number of nitrogens with one attached hydrogen (secondary N) is 1. The number of amides is 3. The minimum absolute atomic E-state index is 0.116. The summed E-state index contributed by atoms with van der Waals surface area (Å²) in [6.45, 7) is 3.96. The Morgan fingerprint density at radius 3 is 2.77 bits per heavy atom. The van der Waals surface area contributed by atoms with E-state index < -0.39 is 35.1 Å². The molecule has 2 aliphatic heterocycles. The van der Waals surface area contributed by atoms with Crippen molar-refractivity contribution in [3.63, 3.8) is 0 Å². The van der Waals surface area contributed by atoms with E-state index in [1.807, 2.05) is 11.5 Å². The van der Waals surface area contributed by atoms with Gasteiger partial charge in [0.25, 0.3) is 17.7 Å². The summed E-state index contributed by atoms with van der Waals surface area (Å²) >= 11 is 2.47. The molecule has 0 bridgehead atoms. The van der Waals surface area contributed by atoms with Crippen LogP contribution in [0, 0.1) is 6.92 Å². The largest absolute Gasteiger partial charge is 0.477 e. The van der Waals surface area contributed by atoms with Crippen LogP contribution in [0.5, 0.6) is 0 Å². The van der Waals surface area contributed by atoms with Crippen LogP contribution < -0.4 is 21.4 Å². The summed E-state index contributed by atoms with van der Waals surface area (Å²) in [5.74, 6) is -2.73. The number of β-lactam (4-membered cyclic amide) rings is 1. The Morgan fingerprint density at radius 2 is 2.12 bits per heavy atom. The number of aryl methyl sites for hydroxylation is 1. The molecule has 1 fully saturated rings. The highest BCUT2D eigenvalue weighted by molar-refractivity contribution is 8.00. The Hall–Kier alpha value is -4.44. The van der Waals surface area contributed by atoms with Crippen molar-refractivity contribution in [2.24, 2.45) is 10.9 Å². The number of aromatic nitrogens is 3. The van der Waals surface area contributed by atoms with Crippen LogP contribution in [0.1, 0.15) is 28.8 Å². The maximum Gasteiger partial charge on any atom is 0.352 e. The standard InChI is InChI=1S/C24H24N8O6S2/c1-3-38-29-16(13-10-40-24(26)27-13)20(34)28-17-21(35)32-18(23(36)37)12(9-39-22(17)32)8-30-6-7-31-14(11(30)2)4-5-15(31)19(25)33/h4-7,10,17,22H,3,8-9H2,1-2H3,(H5-,25,26,27,28,33,34,36,37)/p+1/b29-16-/t17-,22+/m1/s1. The fourth-order valence-corrected chi connectivity index (χ4v) is 6.52. The number of aliphatic carboxylic acids is 1. The van der Waals surface area contributed by atoms with Crippen LogP contribution in [-0.4, -0.2) is 72.6 Å². The van der Waals surface area contributed by atoms with Gasteiger partial charge in [-0.05, 0) is 19.1 Å². The zero-order valence-electron chi connectivity index (χ0n) is 21.4. The number of thiazole rings is 1. The Bertz CT molecular complexity index is 1630. The summed E-state index contributed by atoms with van der Waals surface area (Å²) in [7, 11) is 0. The lowest BCUT2D eigenvalue weighted by Crippen LogP contribution is -2.71. The maximum atomic E-state index is 13.2. The van der Waals surface area contributed by atoms with E-state index in [0.717, 1.165) is 22.5 Å². The first-order valence-electron chi connectivity index (χ1n) is 12.0. The Labute approximate surface area is 235 Å². The van der Waals surface area contributed by atoms with Gasteiger partial charge in [-0.15, -0.1) is 23.1 Å². The second-order valence-corrected chi connectivity index (χ2v) is 10.9. The van der Waals surface area contributed by atoms with Gasteiger partial charge in [0.15, 0.2) is 23.6 Å². The lowest BCUT2D eigenvalue weighted by atomic mass is 10.0. The Balaban J connectivity index is 1.38. The van der Waals surface area contributed by atoms with Gasteiger partial charge in [0, 0.05) is 23.6 Å². The van der Waals surface area contributed by atoms with Crippen molar-refractivity contribution in [1.29, 1.82) is 0 Å². The van der Waals surface area contributed by atoms with Gasteiger partial charge in [-0.25, -0.2) is 9.78 Å². The molecule has 0 aromatic carbocycles. The highest BCUT2D eigenvalue weighted by Gasteiger charge is 2.55. The normalized spacial score (nSPS) is 18.9. The molecule has 16 heteroatoms. The summed E-state index contributed by atoms with van der Waals surface area (Å²) in [5, 5.41) is 17.7. The number of fused-ring (bicyclic) bond motifs is 2. The molecule has 1 saturated heterocycles. The van der Waals surface area contributed by atoms with E-state index in [4.69, 9.17) is 16.3 Å². The zero-order chi connectivity index (χ0) is 28.7. The van der Waals surface area contributed by atoms with Gasteiger partial charge in [-0.2, -0.15) is 4.57 Å². The summed E-state index contributed by atoms with van der Waals surface area (Å²) in [4.78, 5) is 60.6. The van der Waals surface area contributed by atoms with Crippen molar-refractivity contribution in [3.05, 3.63) is 58.3 Å². The number of nitrogen functional groups attached to an aromatic ring is 1. The van der Waals surface area contributed by atoms with Crippen LogP contribution in [0.25, 0.3) is 5.52 Å². The molecule has 3 amide bonds. The van der Waals surface area contributed by atoms with Crippen LogP contribution in [0.15, 0.2) is 46.3 Å². The predicted octanol–water partition coefficient (Wildman–Crippen LogP) is -0.148. The highest BCUT2D eigenvalue weighted by atomic mass is 32.2. The molecular weight excluding hydrogens is 560 g/mol. The van der Waals surface area contributed by atoms with E-state index in [0.29, 0.717) is 17.0 Å². The molecule has 5 heterocycles. The van der Waals surface area contributed by atoms with Gasteiger partial charge in [0.1, 0.15) is 40.6 Å². The second kappa shape index (κ2) is 10.6. The van der Waals surface area contributed by atoms with Crippen molar-refractivity contribution in [2.75, 3.05) is 18.1 Å². The smallest absolute Gasteiger partial charge is 0.352 e. The van der Waals surface area contributed by atoms with Crippen LogP contribution >= 0.6 is 23.1 Å². The minimum Gasteiger partial charge on any atom is -0.477 e. The first kappa shape index (κ1) is 27.1. The van der Waals surface area contributed by atoms with Crippen molar-refractivity contribution >= 4 is 63.1 Å². The Kier molecular flexibility index (Phi) is 7.20. The SMILES string of the molecule is CCO/N=C(\C(=O)N[C@@H]1C(=O)N2C(C(=O)O)=C(C[n+]3ccn4c(C(N)=O)ccc4c3C)CS[C@@H]12)c1csc(N)n1. The molecule has 0 radical (unpaired) electrons. The van der Waals surface area contributed by atoms with Crippen LogP contribution in [0.3, 0.4) is 0 Å². The van der Waals surface area contributed by atoms with E-state index in [1.54, 1.807) is 41.2 Å². The molecular formula is C24H25N8O6S2+. The number of thioether (sulfide) groups is 1. The number of nitrogens with two attached hydrogens (primary N) is 2. The van der Waals surface area contributed by atoms with Gasteiger partial charge < -0.3 is 31.1 Å². The zero-order valence-corrected chi connectivity index (χ0v) is 23.0. The fraction of sp³-hybridized carbons (Fsp3) is 0.292. The molecule has 3 aromatic rings. The summed E-state index contributed by atoms with van der Waals surface area (Å²) in [5.41, 5.74) is 13.5. The van der Waals surface area contributed by atoms with Crippen LogP contribution in [0.4, 0.5) is 5.13 Å². The second-order valence-electron chi connectivity index (χ2n) is 8.90. The molecule has 6 N–H and O–H groups in total. The van der Waals surface area contributed by atoms with E-state index in [9.17, 15) is 24.3 Å². The van der Waals surface area contributed by atoms with E-state index >= 15 is 0 Å². The van der Waals surface area contributed by atoms with Gasteiger partial charge in [0.2, 0.25) is 5.69 Å². The van der Waals surface area contributed by atoms with Crippen LogP contribution in [-0.2, 0) is 25.8 Å². The molecule has 208 valence electrons. The molecule has 2 atom stereocenters. The summed E-state index contributed by atoms with van der Waals surface area (Å²) < 4.78 is 3.51. The topological polar surface area (TPSA) is 199 Å². The number of carboxylic acid groups (broad SMARTS) is 1. The number of carboxylic acids is 1. The van der Waals surface area contributed by atoms with Crippen LogP contribution in [0.2, 0.25) is 0 Å². The number of oxime groups is 1. The molecule has 14 nitrogen and oxygen atoms in total. The number of hydrogen-bond donors (Lipinski definition) is 4. The number of carbonyl (C=O) groups excluding carboxylic acids is 3. The van der Waals surface area contributed by atoms with Gasteiger partial charge >= 0.3 is 5.97 Å². The van der Waals surface area contributed by atoms with Crippen molar-refractivity contribution < 1.29 is 33.7 Å². The lowest BCUT2D eigenvalue weighted by Gasteiger charge is -2.49. The average Bonchev–Trinajstić information content (AvgIpc) is 3.55. The third-order valence-corrected chi connectivity index (χ3v) is 8.54. The number of hydrogen-bond acceptors (Lipinski definition) is 10. The molecule has 0 aliphatic carbocycles. The third kappa shape index (κ3) is 4.64. The summed E-state index contributed by atoms with van der Waals surface area (Å²) in [6, 6.07) is 2.42. The first-order valence-corrected chi connectivity index (χ1v) is 14.0. The quantitative estimate of drug-likeness (QED) is 0.114. The molecule has 0 spiro atoms. The molecule has 40 heavy (non-hydrogen) atoms. The van der Waals surface area contributed by atoms with Crippen molar-refractivity contribution in [3.8, 4) is 0 Å². The number of primary amides is 1. The fourth-order valence-electron chi connectivity index (χ4n) is 4.63. The predicted molar refractivity (Wildman–Crippen MR) is 145 cm³/mol. The van der Waals surface area contributed by atoms with Gasteiger partial charge in [0.05, 0.1) is 6.20 Å². The number of nitrogens with zero attached hydrogens (tertiary/aromatic N) is 5. The third-order valence-electron chi connectivity index (χ3n) is 6.53. The average molecular weight is 586 g/mol. The number of anilines is 1. The first-order chi connectivity index (χ1) is 19.1. The van der Waals surface area contributed by atoms with E-state index in [-0.39, 0.29) is 35.4 Å². The van der Waals surface area contributed by atoms with Gasteiger partial charge in [-0.3, -0.25) is 19.3 Å². The number of carbonyl (C=O) groups is 4. The molecule has 2 aliphatic rings.